The average Bonchev–Trinajstić information content (AvgIpc) is 3.64. The molecular weight excluding hydrogens is 626 g/mol. The number of unbranched alkanes of at least 4 members (excludes halogenated alkanes) is 2. The van der Waals surface area contributed by atoms with E-state index in [-0.39, 0.29) is 17.9 Å². The van der Waals surface area contributed by atoms with Gasteiger partial charge in [0.1, 0.15) is 6.33 Å². The maximum absolute atomic E-state index is 13.1. The highest BCUT2D eigenvalue weighted by molar-refractivity contribution is 6.30. The molecule has 0 unspecified atom stereocenters. The van der Waals surface area contributed by atoms with Gasteiger partial charge in [-0.2, -0.15) is 4.68 Å². The van der Waals surface area contributed by atoms with Gasteiger partial charge >= 0.3 is 5.97 Å². The number of nitrogens with zero attached hydrogens (tertiary/aromatic N) is 5. The molecule has 1 atom stereocenters. The van der Waals surface area contributed by atoms with Crippen LogP contribution in [0.4, 0.5) is 5.69 Å². The summed E-state index contributed by atoms with van der Waals surface area (Å²) >= 11 is 6.23. The van der Waals surface area contributed by atoms with Crippen LogP contribution < -0.4 is 10.6 Å². The van der Waals surface area contributed by atoms with Crippen LogP contribution in [0.25, 0.3) is 11.8 Å². The van der Waals surface area contributed by atoms with Crippen molar-refractivity contribution in [3.8, 4) is 5.69 Å². The van der Waals surface area contributed by atoms with Gasteiger partial charge < -0.3 is 20.3 Å². The molecule has 1 aromatic heterocycles. The zero-order valence-corrected chi connectivity index (χ0v) is 28.6. The predicted octanol–water partition coefficient (Wildman–Crippen LogP) is 6.62. The molecule has 10 nitrogen and oxygen atoms in total. The van der Waals surface area contributed by atoms with Crippen molar-refractivity contribution in [3.05, 3.63) is 107 Å². The van der Waals surface area contributed by atoms with Crippen LogP contribution in [0.15, 0.2) is 85.2 Å². The van der Waals surface area contributed by atoms with Gasteiger partial charge in [0.25, 0.3) is 0 Å². The first kappa shape index (κ1) is 36.3. The van der Waals surface area contributed by atoms with E-state index in [0.29, 0.717) is 41.4 Å². The number of carbonyl (C=O) groups is 2. The molecule has 1 amide bonds. The molecule has 11 heteroatoms. The standard InChI is InChI=1S/C37H46ClN7O3/c1-3-5-21-44(22-6-4-2)23-10-24-48-37(47)30-13-17-33(18-14-30)39-27-34(25-29-11-8-7-9-12-29)41-36(46)20-15-31-26-32(38)16-19-35(31)45-28-40-42-43-45/h7-9,11-20,26,28,34,39H,3-6,10,21-25,27H2,1-2H3,(H,41,46)/b20-15+/t34-/m0/s1. The van der Waals surface area contributed by atoms with Crippen LogP contribution in [0, 0.1) is 0 Å². The van der Waals surface area contributed by atoms with Crippen molar-refractivity contribution < 1.29 is 14.3 Å². The highest BCUT2D eigenvalue weighted by atomic mass is 35.5. The van der Waals surface area contributed by atoms with Crippen molar-refractivity contribution in [2.75, 3.05) is 38.1 Å². The van der Waals surface area contributed by atoms with Gasteiger partial charge in [0, 0.05) is 35.4 Å². The average molecular weight is 672 g/mol. The number of benzene rings is 3. The fraction of sp³-hybridized carbons (Fsp3) is 0.378. The van der Waals surface area contributed by atoms with E-state index in [0.717, 1.165) is 37.3 Å². The number of halogens is 1. The lowest BCUT2D eigenvalue weighted by Gasteiger charge is -2.21. The summed E-state index contributed by atoms with van der Waals surface area (Å²) in [6.07, 6.45) is 10.8. The van der Waals surface area contributed by atoms with Crippen LogP contribution >= 0.6 is 11.6 Å². The van der Waals surface area contributed by atoms with Gasteiger partial charge in [0.2, 0.25) is 5.91 Å². The van der Waals surface area contributed by atoms with E-state index >= 15 is 0 Å². The van der Waals surface area contributed by atoms with Crippen LogP contribution in [0.2, 0.25) is 5.02 Å². The van der Waals surface area contributed by atoms with E-state index in [1.54, 1.807) is 36.4 Å². The maximum atomic E-state index is 13.1. The number of esters is 1. The third-order valence-corrected chi connectivity index (χ3v) is 8.09. The molecule has 3 aromatic carbocycles. The molecule has 0 fully saturated rings. The first-order valence-electron chi connectivity index (χ1n) is 16.7. The van der Waals surface area contributed by atoms with Gasteiger partial charge in [-0.15, -0.1) is 5.10 Å². The van der Waals surface area contributed by atoms with Crippen molar-refractivity contribution in [3.63, 3.8) is 0 Å². The number of hydrogen-bond donors (Lipinski definition) is 2. The number of anilines is 1. The Balaban J connectivity index is 1.31. The van der Waals surface area contributed by atoms with E-state index in [1.807, 2.05) is 42.5 Å². The number of tetrazole rings is 1. The summed E-state index contributed by atoms with van der Waals surface area (Å²) in [5.41, 5.74) is 3.83. The molecule has 2 N–H and O–H groups in total. The largest absolute Gasteiger partial charge is 0.462 e. The molecule has 0 radical (unpaired) electrons. The molecule has 0 spiro atoms. The van der Waals surface area contributed by atoms with E-state index < -0.39 is 0 Å². The monoisotopic (exact) mass is 671 g/mol. The second-order valence-corrected chi connectivity index (χ2v) is 12.1. The second-order valence-electron chi connectivity index (χ2n) is 11.7. The number of carbonyl (C=O) groups excluding carboxylic acids is 2. The number of aromatic nitrogens is 4. The Hall–Kier alpha value is -4.54. The lowest BCUT2D eigenvalue weighted by Crippen LogP contribution is -2.40. The van der Waals surface area contributed by atoms with Crippen LogP contribution in [0.5, 0.6) is 0 Å². The van der Waals surface area contributed by atoms with Crippen molar-refractivity contribution in [2.45, 2.75) is 58.4 Å². The molecule has 4 aromatic rings. The number of rotatable bonds is 20. The second kappa shape index (κ2) is 20.0. The molecule has 1 heterocycles. The lowest BCUT2D eigenvalue weighted by molar-refractivity contribution is -0.117. The Labute approximate surface area is 288 Å². The van der Waals surface area contributed by atoms with E-state index in [9.17, 15) is 9.59 Å². The van der Waals surface area contributed by atoms with Gasteiger partial charge in [0.05, 0.1) is 23.9 Å². The fourth-order valence-electron chi connectivity index (χ4n) is 5.23. The summed E-state index contributed by atoms with van der Waals surface area (Å²) in [7, 11) is 0. The van der Waals surface area contributed by atoms with Gasteiger partial charge in [-0.05, 0) is 103 Å². The third-order valence-electron chi connectivity index (χ3n) is 7.85. The summed E-state index contributed by atoms with van der Waals surface area (Å²) < 4.78 is 7.08. The van der Waals surface area contributed by atoms with E-state index in [4.69, 9.17) is 16.3 Å². The highest BCUT2D eigenvalue weighted by Gasteiger charge is 2.14. The Bertz CT molecular complexity index is 1560. The molecule has 0 aliphatic rings. The summed E-state index contributed by atoms with van der Waals surface area (Å²) in [4.78, 5) is 28.3. The van der Waals surface area contributed by atoms with E-state index in [1.165, 1.54) is 42.8 Å². The minimum atomic E-state index is -0.320. The molecule has 254 valence electrons. The Morgan fingerprint density at radius 2 is 1.69 bits per heavy atom. The molecule has 0 bridgehead atoms. The zero-order chi connectivity index (χ0) is 34.0. The summed E-state index contributed by atoms with van der Waals surface area (Å²) in [5.74, 6) is -0.573. The summed E-state index contributed by atoms with van der Waals surface area (Å²) in [6, 6.07) is 22.3. The Morgan fingerprint density at radius 1 is 0.958 bits per heavy atom. The molecule has 48 heavy (non-hydrogen) atoms. The molecular formula is C37H46ClN7O3. The smallest absolute Gasteiger partial charge is 0.338 e. The van der Waals surface area contributed by atoms with Crippen molar-refractivity contribution in [2.24, 2.45) is 0 Å². The van der Waals surface area contributed by atoms with Crippen molar-refractivity contribution >= 4 is 35.2 Å². The van der Waals surface area contributed by atoms with Crippen molar-refractivity contribution in [1.29, 1.82) is 0 Å². The zero-order valence-electron chi connectivity index (χ0n) is 27.9. The highest BCUT2D eigenvalue weighted by Crippen LogP contribution is 2.20. The van der Waals surface area contributed by atoms with E-state index in [2.05, 4.69) is 44.9 Å². The van der Waals surface area contributed by atoms with Gasteiger partial charge in [-0.25, -0.2) is 4.79 Å². The minimum absolute atomic E-state index is 0.221. The first-order valence-corrected chi connectivity index (χ1v) is 17.1. The van der Waals surface area contributed by atoms with Crippen LogP contribution in [0.3, 0.4) is 0 Å². The number of ether oxygens (including phenoxy) is 1. The fourth-order valence-corrected chi connectivity index (χ4v) is 5.41. The lowest BCUT2D eigenvalue weighted by atomic mass is 10.1. The SMILES string of the molecule is CCCCN(CCCC)CCCOC(=O)c1ccc(NC[C@H](Cc2ccccc2)NC(=O)/C=C/c2cc(Cl)ccc2-n2cnnn2)cc1. The van der Waals surface area contributed by atoms with Crippen molar-refractivity contribution in [1.82, 2.24) is 30.4 Å². The predicted molar refractivity (Wildman–Crippen MR) is 191 cm³/mol. The minimum Gasteiger partial charge on any atom is -0.462 e. The Morgan fingerprint density at radius 3 is 2.38 bits per heavy atom. The molecule has 4 rings (SSSR count). The number of amides is 1. The normalized spacial score (nSPS) is 11.9. The summed E-state index contributed by atoms with van der Waals surface area (Å²) in [5, 5.41) is 18.4. The van der Waals surface area contributed by atoms with Crippen LogP contribution in [-0.4, -0.2) is 75.8 Å². The topological polar surface area (TPSA) is 114 Å². The molecule has 0 aliphatic heterocycles. The van der Waals surface area contributed by atoms with Crippen LogP contribution in [0.1, 0.15) is 67.4 Å². The van der Waals surface area contributed by atoms with Crippen LogP contribution in [-0.2, 0) is 16.0 Å². The quantitative estimate of drug-likeness (QED) is 0.0613. The van der Waals surface area contributed by atoms with Gasteiger partial charge in [0.15, 0.2) is 0 Å². The van der Waals surface area contributed by atoms with Gasteiger partial charge in [-0.3, -0.25) is 4.79 Å². The first-order chi connectivity index (χ1) is 23.4. The third kappa shape index (κ3) is 12.2. The molecule has 0 saturated carbocycles. The molecule has 0 aliphatic carbocycles. The maximum Gasteiger partial charge on any atom is 0.338 e. The van der Waals surface area contributed by atoms with Gasteiger partial charge in [-0.1, -0.05) is 68.6 Å². The molecule has 0 saturated heterocycles. The number of hydrogen-bond acceptors (Lipinski definition) is 8. The summed E-state index contributed by atoms with van der Waals surface area (Å²) in [6.45, 7) is 8.42. The Kier molecular flexibility index (Phi) is 15.1. The number of nitrogens with one attached hydrogen (secondary N) is 2.